The number of fused-ring (bicyclic) bond motifs is 2. The zero-order valence-corrected chi connectivity index (χ0v) is 17.1. The summed E-state index contributed by atoms with van der Waals surface area (Å²) in [5.74, 6) is -1.26. The Kier molecular flexibility index (Phi) is 5.22. The van der Waals surface area contributed by atoms with Gasteiger partial charge < -0.3 is 14.4 Å². The summed E-state index contributed by atoms with van der Waals surface area (Å²) in [6.07, 6.45) is 1.03. The van der Waals surface area contributed by atoms with E-state index in [1.807, 2.05) is 6.92 Å². The predicted molar refractivity (Wildman–Crippen MR) is 114 cm³/mol. The second-order valence-electron chi connectivity index (χ2n) is 7.42. The summed E-state index contributed by atoms with van der Waals surface area (Å²) in [5, 5.41) is 12.3. The molecule has 0 spiro atoms. The largest absolute Gasteiger partial charge is 0.422 e. The molecule has 2 aromatic carbocycles. The van der Waals surface area contributed by atoms with E-state index in [4.69, 9.17) is 16.0 Å². The highest BCUT2D eigenvalue weighted by atomic mass is 35.5. The average molecular weight is 426 g/mol. The van der Waals surface area contributed by atoms with Crippen molar-refractivity contribution in [3.63, 3.8) is 0 Å². The van der Waals surface area contributed by atoms with E-state index in [1.165, 1.54) is 17.0 Å². The molecule has 3 aromatic rings. The van der Waals surface area contributed by atoms with Crippen molar-refractivity contribution in [2.24, 2.45) is 0 Å². The van der Waals surface area contributed by atoms with Gasteiger partial charge in [0.15, 0.2) is 11.4 Å². The van der Waals surface area contributed by atoms with Crippen molar-refractivity contribution in [2.75, 3.05) is 11.4 Å². The molecule has 1 aliphatic rings. The number of carbonyl (C=O) groups excluding carboxylic acids is 2. The molecule has 0 bridgehead atoms. The van der Waals surface area contributed by atoms with Gasteiger partial charge in [0.2, 0.25) is 0 Å². The molecule has 1 unspecified atom stereocenters. The maximum atomic E-state index is 13.1. The maximum absolute atomic E-state index is 13.1. The Bertz CT molecular complexity index is 1220. The number of para-hydroxylation sites is 1. The van der Waals surface area contributed by atoms with E-state index in [1.54, 1.807) is 36.4 Å². The van der Waals surface area contributed by atoms with Gasteiger partial charge in [0.25, 0.3) is 5.91 Å². The Morgan fingerprint density at radius 2 is 1.93 bits per heavy atom. The number of anilines is 1. The third-order valence-corrected chi connectivity index (χ3v) is 5.62. The zero-order chi connectivity index (χ0) is 21.5. The first-order valence-corrected chi connectivity index (χ1v) is 10.1. The number of rotatable bonds is 6. The number of carbonyl (C=O) groups is 2. The van der Waals surface area contributed by atoms with Gasteiger partial charge in [-0.15, -0.1) is 0 Å². The number of ketones is 1. The summed E-state index contributed by atoms with van der Waals surface area (Å²) < 4.78 is 5.23. The summed E-state index contributed by atoms with van der Waals surface area (Å²) in [4.78, 5) is 40.0. The van der Waals surface area contributed by atoms with Crippen molar-refractivity contribution in [3.05, 3.63) is 75.1 Å². The first-order valence-electron chi connectivity index (χ1n) is 9.75. The van der Waals surface area contributed by atoms with Gasteiger partial charge in [0, 0.05) is 22.5 Å². The number of benzene rings is 2. The van der Waals surface area contributed by atoms with Gasteiger partial charge in [0.1, 0.15) is 11.1 Å². The molecule has 1 N–H and O–H groups in total. The minimum absolute atomic E-state index is 0.203. The van der Waals surface area contributed by atoms with Crippen molar-refractivity contribution < 1.29 is 19.1 Å². The molecule has 4 rings (SSSR count). The first kappa shape index (κ1) is 20.3. The molecule has 6 nitrogen and oxygen atoms in total. The van der Waals surface area contributed by atoms with Gasteiger partial charge in [-0.05, 0) is 36.8 Å². The van der Waals surface area contributed by atoms with Crippen LogP contribution in [0.25, 0.3) is 11.0 Å². The normalized spacial score (nSPS) is 18.1. The van der Waals surface area contributed by atoms with Gasteiger partial charge in [-0.1, -0.05) is 43.1 Å². The Balaban J connectivity index is 1.74. The second-order valence-corrected chi connectivity index (χ2v) is 7.85. The fraction of sp³-hybridized carbons (Fsp3) is 0.261. The van der Waals surface area contributed by atoms with E-state index < -0.39 is 29.3 Å². The third-order valence-electron chi connectivity index (χ3n) is 5.39. The minimum Gasteiger partial charge on any atom is -0.422 e. The summed E-state index contributed by atoms with van der Waals surface area (Å²) in [6, 6.07) is 13.1. The van der Waals surface area contributed by atoms with Crippen LogP contribution in [0.2, 0.25) is 5.02 Å². The molecule has 0 radical (unpaired) electrons. The van der Waals surface area contributed by atoms with E-state index in [0.717, 1.165) is 12.8 Å². The molecule has 2 heterocycles. The molecule has 154 valence electrons. The smallest absolute Gasteiger partial charge is 0.347 e. The van der Waals surface area contributed by atoms with Gasteiger partial charge >= 0.3 is 5.63 Å². The number of amides is 1. The number of halogens is 1. The average Bonchev–Trinajstić information content (AvgIpc) is 2.92. The van der Waals surface area contributed by atoms with Crippen LogP contribution in [-0.4, -0.2) is 23.3 Å². The molecule has 0 saturated carbocycles. The monoisotopic (exact) mass is 425 g/mol. The predicted octanol–water partition coefficient (Wildman–Crippen LogP) is 4.05. The van der Waals surface area contributed by atoms with Crippen LogP contribution in [0.3, 0.4) is 0 Å². The highest BCUT2D eigenvalue weighted by Crippen LogP contribution is 2.44. The van der Waals surface area contributed by atoms with E-state index in [2.05, 4.69) is 0 Å². The van der Waals surface area contributed by atoms with Crippen LogP contribution in [-0.2, 0) is 10.4 Å². The number of unbranched alkanes of at least 4 members (excludes halogenated alkanes) is 1. The van der Waals surface area contributed by atoms with Crippen molar-refractivity contribution in [3.8, 4) is 0 Å². The Labute approximate surface area is 177 Å². The quantitative estimate of drug-likeness (QED) is 0.475. The van der Waals surface area contributed by atoms with E-state index in [0.29, 0.717) is 28.2 Å². The molecule has 7 heteroatoms. The van der Waals surface area contributed by atoms with Crippen molar-refractivity contribution in [1.29, 1.82) is 0 Å². The summed E-state index contributed by atoms with van der Waals surface area (Å²) in [5.41, 5.74) is -1.94. The fourth-order valence-corrected chi connectivity index (χ4v) is 3.99. The molecular formula is C23H20ClNO5. The molecule has 0 aliphatic carbocycles. The van der Waals surface area contributed by atoms with E-state index in [-0.39, 0.29) is 11.1 Å². The van der Waals surface area contributed by atoms with Gasteiger partial charge in [-0.3, -0.25) is 9.59 Å². The van der Waals surface area contributed by atoms with Gasteiger partial charge in [-0.25, -0.2) is 4.79 Å². The van der Waals surface area contributed by atoms with E-state index in [9.17, 15) is 19.5 Å². The first-order chi connectivity index (χ1) is 14.3. The molecule has 1 atom stereocenters. The highest BCUT2D eigenvalue weighted by molar-refractivity contribution is 6.31. The van der Waals surface area contributed by atoms with Crippen LogP contribution in [0.4, 0.5) is 5.69 Å². The summed E-state index contributed by atoms with van der Waals surface area (Å²) in [7, 11) is 0. The molecule has 1 amide bonds. The van der Waals surface area contributed by atoms with Crippen molar-refractivity contribution in [2.45, 2.75) is 31.8 Å². The maximum Gasteiger partial charge on any atom is 0.347 e. The third kappa shape index (κ3) is 3.32. The fourth-order valence-electron chi connectivity index (χ4n) is 3.82. The Morgan fingerprint density at radius 1 is 1.17 bits per heavy atom. The summed E-state index contributed by atoms with van der Waals surface area (Å²) in [6.45, 7) is 2.41. The number of hydrogen-bond donors (Lipinski definition) is 1. The van der Waals surface area contributed by atoms with Crippen LogP contribution in [0, 0.1) is 0 Å². The highest BCUT2D eigenvalue weighted by Gasteiger charge is 2.51. The van der Waals surface area contributed by atoms with Crippen LogP contribution in [0.5, 0.6) is 0 Å². The topological polar surface area (TPSA) is 87.8 Å². The standard InChI is InChI=1S/C23H20ClNO5/c1-2-3-10-25-18-9-8-15(24)12-17(18)23(29,22(25)28)13-19(26)16-11-14-6-4-5-7-20(14)30-21(16)27/h4-9,11-12,29H,2-3,10,13H2,1H3. The molecule has 1 aromatic heterocycles. The van der Waals surface area contributed by atoms with Crippen LogP contribution in [0.1, 0.15) is 42.1 Å². The molecular weight excluding hydrogens is 406 g/mol. The number of Topliss-reactive ketones (excluding diaryl/α,β-unsaturated/α-hetero) is 1. The van der Waals surface area contributed by atoms with Crippen molar-refractivity contribution in [1.82, 2.24) is 0 Å². The molecule has 0 fully saturated rings. The number of nitrogens with zero attached hydrogens (tertiary/aromatic N) is 1. The lowest BCUT2D eigenvalue weighted by Crippen LogP contribution is -2.42. The number of hydrogen-bond acceptors (Lipinski definition) is 5. The SMILES string of the molecule is CCCCN1C(=O)C(O)(CC(=O)c2cc3ccccc3oc2=O)c2cc(Cl)ccc21. The second kappa shape index (κ2) is 7.70. The van der Waals surface area contributed by atoms with Crippen molar-refractivity contribution >= 4 is 39.9 Å². The molecule has 30 heavy (non-hydrogen) atoms. The Hall–Kier alpha value is -2.96. The van der Waals surface area contributed by atoms with Crippen LogP contribution >= 0.6 is 11.6 Å². The zero-order valence-electron chi connectivity index (χ0n) is 16.4. The lowest BCUT2D eigenvalue weighted by atomic mass is 9.88. The number of aliphatic hydroxyl groups is 1. The lowest BCUT2D eigenvalue weighted by Gasteiger charge is -2.22. The lowest BCUT2D eigenvalue weighted by molar-refractivity contribution is -0.135. The van der Waals surface area contributed by atoms with Gasteiger partial charge in [-0.2, -0.15) is 0 Å². The van der Waals surface area contributed by atoms with E-state index >= 15 is 0 Å². The molecule has 0 saturated heterocycles. The van der Waals surface area contributed by atoms with Gasteiger partial charge in [0.05, 0.1) is 12.1 Å². The minimum atomic E-state index is -2.09. The van der Waals surface area contributed by atoms with Crippen LogP contribution in [0.15, 0.2) is 57.7 Å². The van der Waals surface area contributed by atoms with Crippen LogP contribution < -0.4 is 10.5 Å². The summed E-state index contributed by atoms with van der Waals surface area (Å²) >= 11 is 6.10. The molecule has 1 aliphatic heterocycles. The Morgan fingerprint density at radius 3 is 2.70 bits per heavy atom.